The minimum atomic E-state index is -0.934. The summed E-state index contributed by atoms with van der Waals surface area (Å²) in [6, 6.07) is 10.4. The fourth-order valence-corrected chi connectivity index (χ4v) is 4.00. The first-order valence-electron chi connectivity index (χ1n) is 10.5. The molecule has 1 aliphatic heterocycles. The zero-order chi connectivity index (χ0) is 25.7. The average molecular weight is 499 g/mol. The van der Waals surface area contributed by atoms with E-state index in [1.54, 1.807) is 44.2 Å². The number of rotatable bonds is 7. The van der Waals surface area contributed by atoms with Gasteiger partial charge in [-0.25, -0.2) is 9.59 Å². The molecule has 182 valence electrons. The molecule has 1 atom stereocenters. The first-order valence-corrected chi connectivity index (χ1v) is 10.8. The Labute approximate surface area is 206 Å². The minimum Gasteiger partial charge on any atom is -0.506 e. The summed E-state index contributed by atoms with van der Waals surface area (Å²) in [7, 11) is 1.22. The van der Waals surface area contributed by atoms with Crippen LogP contribution in [0, 0.1) is 10.1 Å². The predicted molar refractivity (Wildman–Crippen MR) is 129 cm³/mol. The van der Waals surface area contributed by atoms with Crippen LogP contribution in [0.5, 0.6) is 5.75 Å². The van der Waals surface area contributed by atoms with Gasteiger partial charge in [0.1, 0.15) is 12.4 Å². The van der Waals surface area contributed by atoms with Crippen molar-refractivity contribution in [3.05, 3.63) is 97.3 Å². The summed E-state index contributed by atoms with van der Waals surface area (Å²) >= 11 is 5.90. The zero-order valence-electron chi connectivity index (χ0n) is 19.2. The highest BCUT2D eigenvalue weighted by Gasteiger charge is 2.38. The van der Waals surface area contributed by atoms with Gasteiger partial charge in [-0.05, 0) is 43.2 Å². The number of esters is 2. The van der Waals surface area contributed by atoms with Gasteiger partial charge in [-0.1, -0.05) is 35.9 Å². The van der Waals surface area contributed by atoms with E-state index in [1.165, 1.54) is 31.4 Å². The lowest BCUT2D eigenvalue weighted by Crippen LogP contribution is -2.32. The number of ether oxygens (including phenoxy) is 2. The van der Waals surface area contributed by atoms with Gasteiger partial charge >= 0.3 is 11.9 Å². The summed E-state index contributed by atoms with van der Waals surface area (Å²) in [6.07, 6.45) is 3.26. The second-order valence-electron chi connectivity index (χ2n) is 7.69. The van der Waals surface area contributed by atoms with E-state index < -0.39 is 22.8 Å². The molecule has 2 aromatic carbocycles. The fraction of sp³-hybridized carbons (Fsp3) is 0.200. The first kappa shape index (κ1) is 25.5. The predicted octanol–water partition coefficient (Wildman–Crippen LogP) is 4.62. The van der Waals surface area contributed by atoms with E-state index in [-0.39, 0.29) is 34.2 Å². The molecular formula is C25H23ClN2O7. The fourth-order valence-electron chi connectivity index (χ4n) is 3.81. The second-order valence-corrected chi connectivity index (χ2v) is 8.10. The number of hydrogen-bond donors (Lipinski definition) is 2. The summed E-state index contributed by atoms with van der Waals surface area (Å²) in [4.78, 5) is 36.6. The van der Waals surface area contributed by atoms with Crippen molar-refractivity contribution in [3.8, 4) is 5.75 Å². The highest BCUT2D eigenvalue weighted by atomic mass is 35.5. The van der Waals surface area contributed by atoms with Crippen molar-refractivity contribution in [3.63, 3.8) is 0 Å². The van der Waals surface area contributed by atoms with Crippen molar-refractivity contribution in [1.29, 1.82) is 0 Å². The third kappa shape index (κ3) is 5.70. The van der Waals surface area contributed by atoms with Crippen LogP contribution in [-0.4, -0.2) is 35.7 Å². The van der Waals surface area contributed by atoms with Crippen molar-refractivity contribution in [1.82, 2.24) is 5.32 Å². The monoisotopic (exact) mass is 498 g/mol. The van der Waals surface area contributed by atoms with Crippen LogP contribution in [0.3, 0.4) is 0 Å². The Balaban J connectivity index is 1.92. The Morgan fingerprint density at radius 3 is 2.46 bits per heavy atom. The molecule has 2 aromatic rings. The van der Waals surface area contributed by atoms with Crippen LogP contribution in [0.15, 0.2) is 71.1 Å². The van der Waals surface area contributed by atoms with Crippen molar-refractivity contribution < 1.29 is 29.1 Å². The van der Waals surface area contributed by atoms with Gasteiger partial charge in [0, 0.05) is 23.5 Å². The Bertz CT molecular complexity index is 1280. The van der Waals surface area contributed by atoms with E-state index in [2.05, 4.69) is 5.32 Å². The van der Waals surface area contributed by atoms with Gasteiger partial charge in [0.15, 0.2) is 0 Å². The van der Waals surface area contributed by atoms with E-state index >= 15 is 0 Å². The van der Waals surface area contributed by atoms with E-state index in [0.717, 1.165) is 0 Å². The maximum atomic E-state index is 13.2. The van der Waals surface area contributed by atoms with E-state index in [0.29, 0.717) is 22.5 Å². The number of nitrogens with zero attached hydrogens (tertiary/aromatic N) is 1. The third-order valence-electron chi connectivity index (χ3n) is 5.39. The van der Waals surface area contributed by atoms with Crippen LogP contribution in [0.1, 0.15) is 30.9 Å². The maximum Gasteiger partial charge on any atom is 0.337 e. The van der Waals surface area contributed by atoms with Gasteiger partial charge in [-0.15, -0.1) is 0 Å². The molecule has 9 nitrogen and oxygen atoms in total. The van der Waals surface area contributed by atoms with Gasteiger partial charge < -0.3 is 19.9 Å². The van der Waals surface area contributed by atoms with Crippen LogP contribution in [0.25, 0.3) is 6.08 Å². The van der Waals surface area contributed by atoms with Crippen LogP contribution in [0.4, 0.5) is 5.69 Å². The molecule has 0 spiro atoms. The van der Waals surface area contributed by atoms with Gasteiger partial charge in [0.25, 0.3) is 5.69 Å². The number of carbonyl (C=O) groups excluding carboxylic acids is 2. The zero-order valence-corrected chi connectivity index (χ0v) is 20.0. The van der Waals surface area contributed by atoms with Gasteiger partial charge in [0.2, 0.25) is 0 Å². The molecule has 0 saturated heterocycles. The number of hydrogen-bond acceptors (Lipinski definition) is 8. The van der Waals surface area contributed by atoms with Gasteiger partial charge in [0.05, 0.1) is 34.1 Å². The Kier molecular flexibility index (Phi) is 7.93. The number of phenolic OH excluding ortho intramolecular Hbond substituents is 1. The normalized spacial score (nSPS) is 15.7. The van der Waals surface area contributed by atoms with Crippen molar-refractivity contribution in [2.24, 2.45) is 0 Å². The van der Waals surface area contributed by atoms with E-state index in [4.69, 9.17) is 21.1 Å². The quantitative estimate of drug-likeness (QED) is 0.321. The van der Waals surface area contributed by atoms with Gasteiger partial charge in [-0.2, -0.15) is 0 Å². The molecule has 1 unspecified atom stereocenters. The molecule has 0 radical (unpaired) electrons. The SMILES string of the molecule is COC(=O)C1=C(C)NC(C)=C(C(=O)OCC=Cc2ccc(O)c(Cl)c2)C1c1cccc([N+](=O)[O-])c1. The molecule has 0 fully saturated rings. The topological polar surface area (TPSA) is 128 Å². The Hall–Kier alpha value is -4.11. The Morgan fingerprint density at radius 2 is 1.83 bits per heavy atom. The number of aromatic hydroxyl groups is 1. The van der Waals surface area contributed by atoms with Crippen LogP contribution >= 0.6 is 11.6 Å². The number of non-ortho nitro benzene ring substituents is 1. The lowest BCUT2D eigenvalue weighted by atomic mass is 9.80. The Morgan fingerprint density at radius 1 is 1.14 bits per heavy atom. The number of nitro benzene ring substituents is 1. The summed E-state index contributed by atoms with van der Waals surface area (Å²) < 4.78 is 10.4. The number of phenols is 1. The number of dihydropyridines is 1. The van der Waals surface area contributed by atoms with Crippen LogP contribution < -0.4 is 5.32 Å². The molecule has 0 aromatic heterocycles. The lowest BCUT2D eigenvalue weighted by Gasteiger charge is -2.30. The van der Waals surface area contributed by atoms with Crippen molar-refractivity contribution in [2.75, 3.05) is 13.7 Å². The van der Waals surface area contributed by atoms with E-state index in [1.807, 2.05) is 0 Å². The number of halogens is 1. The average Bonchev–Trinajstić information content (AvgIpc) is 2.83. The van der Waals surface area contributed by atoms with Crippen molar-refractivity contribution in [2.45, 2.75) is 19.8 Å². The molecule has 3 rings (SSSR count). The summed E-state index contributed by atoms with van der Waals surface area (Å²) in [5, 5.41) is 24.0. The molecule has 35 heavy (non-hydrogen) atoms. The molecule has 0 amide bonds. The number of nitrogens with one attached hydrogen (secondary N) is 1. The molecule has 0 bridgehead atoms. The summed E-state index contributed by atoms with van der Waals surface area (Å²) in [5.74, 6) is -2.35. The summed E-state index contributed by atoms with van der Waals surface area (Å²) in [5.41, 5.74) is 2.10. The highest BCUT2D eigenvalue weighted by molar-refractivity contribution is 6.32. The van der Waals surface area contributed by atoms with Crippen molar-refractivity contribution >= 4 is 35.3 Å². The summed E-state index contributed by atoms with van der Waals surface area (Å²) in [6.45, 7) is 3.23. The largest absolute Gasteiger partial charge is 0.506 e. The third-order valence-corrected chi connectivity index (χ3v) is 5.70. The number of nitro groups is 1. The number of carbonyl (C=O) groups is 2. The molecule has 1 heterocycles. The molecular weight excluding hydrogens is 476 g/mol. The van der Waals surface area contributed by atoms with Crippen LogP contribution in [-0.2, 0) is 19.1 Å². The maximum absolute atomic E-state index is 13.2. The molecule has 2 N–H and O–H groups in total. The minimum absolute atomic E-state index is 0.0422. The molecule has 0 saturated carbocycles. The number of methoxy groups -OCH3 is 1. The highest BCUT2D eigenvalue weighted by Crippen LogP contribution is 2.40. The van der Waals surface area contributed by atoms with E-state index in [9.17, 15) is 24.8 Å². The first-order chi connectivity index (χ1) is 16.6. The van der Waals surface area contributed by atoms with Gasteiger partial charge in [-0.3, -0.25) is 10.1 Å². The molecule has 1 aliphatic rings. The number of allylic oxidation sites excluding steroid dienone is 2. The molecule has 0 aliphatic carbocycles. The lowest BCUT2D eigenvalue weighted by molar-refractivity contribution is -0.384. The smallest absolute Gasteiger partial charge is 0.337 e. The second kappa shape index (κ2) is 10.9. The van der Waals surface area contributed by atoms with Crippen LogP contribution in [0.2, 0.25) is 5.02 Å². The number of benzene rings is 2. The standard InChI is InChI=1S/C25H23ClN2O7/c1-14-21(24(30)34-3)23(17-7-4-8-18(13-17)28(32)33)22(15(2)27-14)25(31)35-11-5-6-16-9-10-20(29)19(26)12-16/h4-10,12-13,23,27,29H,11H2,1-3H3. The molecule has 10 heteroatoms.